The molecule has 1 aromatic rings. The van der Waals surface area contributed by atoms with E-state index in [4.69, 9.17) is 14.3 Å². The molecule has 2 N–H and O–H groups in total. The van der Waals surface area contributed by atoms with Crippen molar-refractivity contribution in [1.82, 2.24) is 5.32 Å². The molecule has 1 saturated heterocycles. The Labute approximate surface area is 97.6 Å². The number of furan rings is 1. The lowest BCUT2D eigenvalue weighted by atomic mass is 10.2. The Morgan fingerprint density at radius 1 is 1.41 bits per heavy atom. The summed E-state index contributed by atoms with van der Waals surface area (Å²) in [6.07, 6.45) is 1.98. The van der Waals surface area contributed by atoms with Gasteiger partial charge in [0.15, 0.2) is 5.76 Å². The molecule has 0 aliphatic carbocycles. The van der Waals surface area contributed by atoms with Gasteiger partial charge in [0.2, 0.25) is 5.76 Å². The van der Waals surface area contributed by atoms with E-state index in [2.05, 4.69) is 5.32 Å². The third-order valence-corrected chi connectivity index (χ3v) is 2.55. The predicted octanol–water partition coefficient (Wildman–Crippen LogP) is 0.887. The maximum atomic E-state index is 11.6. The summed E-state index contributed by atoms with van der Waals surface area (Å²) in [5, 5.41) is 11.3. The van der Waals surface area contributed by atoms with Gasteiger partial charge in [0.05, 0.1) is 6.10 Å². The second-order valence-corrected chi connectivity index (χ2v) is 3.81. The lowest BCUT2D eigenvalue weighted by Crippen LogP contribution is -2.31. The van der Waals surface area contributed by atoms with Crippen LogP contribution in [0.4, 0.5) is 0 Å². The lowest BCUT2D eigenvalue weighted by Gasteiger charge is -2.09. The monoisotopic (exact) mass is 239 g/mol. The van der Waals surface area contributed by atoms with Crippen molar-refractivity contribution in [1.29, 1.82) is 0 Å². The van der Waals surface area contributed by atoms with Gasteiger partial charge in [-0.15, -0.1) is 0 Å². The van der Waals surface area contributed by atoms with Crippen molar-refractivity contribution in [3.05, 3.63) is 23.7 Å². The van der Waals surface area contributed by atoms with Gasteiger partial charge in [-0.25, -0.2) is 4.79 Å². The molecule has 1 aliphatic rings. The molecule has 0 unspecified atom stereocenters. The molecule has 1 amide bonds. The number of hydrogen-bond acceptors (Lipinski definition) is 4. The molecule has 1 aromatic heterocycles. The molecular formula is C11H13NO5. The number of aromatic carboxylic acids is 1. The summed E-state index contributed by atoms with van der Waals surface area (Å²) < 4.78 is 10.2. The minimum absolute atomic E-state index is 0.000368. The molecule has 0 saturated carbocycles. The number of carbonyl (C=O) groups is 2. The first-order valence-electron chi connectivity index (χ1n) is 5.40. The predicted molar refractivity (Wildman–Crippen MR) is 57.0 cm³/mol. The molecule has 0 bridgehead atoms. The Morgan fingerprint density at radius 3 is 2.76 bits per heavy atom. The number of amides is 1. The SMILES string of the molecule is O=C(O)c1ccc(C(=O)NC[C@H]2CCCO2)o1. The van der Waals surface area contributed by atoms with E-state index in [0.29, 0.717) is 6.54 Å². The fourth-order valence-electron chi connectivity index (χ4n) is 1.67. The number of carboxylic acid groups (broad SMARTS) is 1. The summed E-state index contributed by atoms with van der Waals surface area (Å²) in [4.78, 5) is 22.1. The van der Waals surface area contributed by atoms with Gasteiger partial charge < -0.3 is 19.6 Å². The molecule has 1 atom stereocenters. The third-order valence-electron chi connectivity index (χ3n) is 2.55. The van der Waals surface area contributed by atoms with Crippen LogP contribution in [0.15, 0.2) is 16.5 Å². The molecule has 17 heavy (non-hydrogen) atoms. The van der Waals surface area contributed by atoms with Gasteiger partial charge in [0, 0.05) is 13.2 Å². The summed E-state index contributed by atoms with van der Waals surface area (Å²) in [7, 11) is 0. The minimum Gasteiger partial charge on any atom is -0.475 e. The topological polar surface area (TPSA) is 88.8 Å². The Hall–Kier alpha value is -1.82. The van der Waals surface area contributed by atoms with E-state index in [0.717, 1.165) is 19.4 Å². The average Bonchev–Trinajstić information content (AvgIpc) is 2.96. The van der Waals surface area contributed by atoms with Crippen LogP contribution in [-0.2, 0) is 4.74 Å². The molecule has 2 heterocycles. The standard InChI is InChI=1S/C11H13NO5/c13-10(12-6-7-2-1-5-16-7)8-3-4-9(17-8)11(14)15/h3-4,7H,1-2,5-6H2,(H,12,13)(H,14,15)/t7-/m1/s1. The fourth-order valence-corrected chi connectivity index (χ4v) is 1.67. The zero-order valence-electron chi connectivity index (χ0n) is 9.14. The molecule has 0 radical (unpaired) electrons. The van der Waals surface area contributed by atoms with Crippen molar-refractivity contribution >= 4 is 11.9 Å². The first-order chi connectivity index (χ1) is 8.16. The van der Waals surface area contributed by atoms with E-state index in [-0.39, 0.29) is 17.6 Å². The normalized spacial score (nSPS) is 19.2. The zero-order valence-corrected chi connectivity index (χ0v) is 9.14. The molecule has 6 heteroatoms. The second kappa shape index (κ2) is 5.01. The quantitative estimate of drug-likeness (QED) is 0.814. The van der Waals surface area contributed by atoms with Gasteiger partial charge in [-0.2, -0.15) is 0 Å². The van der Waals surface area contributed by atoms with E-state index in [1.807, 2.05) is 0 Å². The summed E-state index contributed by atoms with van der Waals surface area (Å²) in [6.45, 7) is 1.15. The molecule has 6 nitrogen and oxygen atoms in total. The Bertz CT molecular complexity index is 419. The van der Waals surface area contributed by atoms with Crippen molar-refractivity contribution in [2.24, 2.45) is 0 Å². The van der Waals surface area contributed by atoms with Gasteiger partial charge in [-0.3, -0.25) is 4.79 Å². The van der Waals surface area contributed by atoms with Crippen LogP contribution in [0.3, 0.4) is 0 Å². The smallest absolute Gasteiger partial charge is 0.371 e. The second-order valence-electron chi connectivity index (χ2n) is 3.81. The molecular weight excluding hydrogens is 226 g/mol. The minimum atomic E-state index is -1.19. The molecule has 0 spiro atoms. The van der Waals surface area contributed by atoms with Gasteiger partial charge >= 0.3 is 5.97 Å². The summed E-state index contributed by atoms with van der Waals surface area (Å²) in [5.74, 6) is -1.86. The maximum absolute atomic E-state index is 11.6. The highest BCUT2D eigenvalue weighted by Gasteiger charge is 2.19. The van der Waals surface area contributed by atoms with Crippen LogP contribution in [0, 0.1) is 0 Å². The zero-order chi connectivity index (χ0) is 12.3. The first kappa shape index (κ1) is 11.7. The van der Waals surface area contributed by atoms with Crippen LogP contribution in [0.2, 0.25) is 0 Å². The van der Waals surface area contributed by atoms with Crippen LogP contribution in [0.1, 0.15) is 34.0 Å². The van der Waals surface area contributed by atoms with Crippen LogP contribution < -0.4 is 5.32 Å². The van der Waals surface area contributed by atoms with E-state index < -0.39 is 11.9 Å². The van der Waals surface area contributed by atoms with Crippen molar-refractivity contribution in [2.75, 3.05) is 13.2 Å². The lowest BCUT2D eigenvalue weighted by molar-refractivity contribution is 0.0658. The van der Waals surface area contributed by atoms with Crippen LogP contribution in [0.25, 0.3) is 0 Å². The highest BCUT2D eigenvalue weighted by atomic mass is 16.5. The van der Waals surface area contributed by atoms with Crippen LogP contribution in [-0.4, -0.2) is 36.2 Å². The molecule has 1 aliphatic heterocycles. The summed E-state index contributed by atoms with van der Waals surface area (Å²) in [5.41, 5.74) is 0. The molecule has 1 fully saturated rings. The summed E-state index contributed by atoms with van der Waals surface area (Å²) in [6, 6.07) is 2.59. The van der Waals surface area contributed by atoms with Crippen LogP contribution >= 0.6 is 0 Å². The van der Waals surface area contributed by atoms with Crippen molar-refractivity contribution in [3.8, 4) is 0 Å². The molecule has 92 valence electrons. The number of ether oxygens (including phenoxy) is 1. The van der Waals surface area contributed by atoms with E-state index >= 15 is 0 Å². The number of nitrogens with one attached hydrogen (secondary N) is 1. The van der Waals surface area contributed by atoms with Crippen molar-refractivity contribution in [3.63, 3.8) is 0 Å². The largest absolute Gasteiger partial charge is 0.475 e. The number of carbonyl (C=O) groups excluding carboxylic acids is 1. The molecule has 0 aromatic carbocycles. The Morgan fingerprint density at radius 2 is 2.18 bits per heavy atom. The average molecular weight is 239 g/mol. The number of carboxylic acids is 1. The van der Waals surface area contributed by atoms with E-state index in [9.17, 15) is 9.59 Å². The highest BCUT2D eigenvalue weighted by Crippen LogP contribution is 2.11. The van der Waals surface area contributed by atoms with Gasteiger partial charge in [0.25, 0.3) is 5.91 Å². The van der Waals surface area contributed by atoms with Gasteiger partial charge in [0.1, 0.15) is 0 Å². The fraction of sp³-hybridized carbons (Fsp3) is 0.455. The maximum Gasteiger partial charge on any atom is 0.371 e. The van der Waals surface area contributed by atoms with Gasteiger partial charge in [-0.1, -0.05) is 0 Å². The summed E-state index contributed by atoms with van der Waals surface area (Å²) >= 11 is 0. The highest BCUT2D eigenvalue weighted by molar-refractivity contribution is 5.93. The number of rotatable bonds is 4. The number of hydrogen-bond donors (Lipinski definition) is 2. The molecule has 2 rings (SSSR count). The van der Waals surface area contributed by atoms with E-state index in [1.165, 1.54) is 12.1 Å². The van der Waals surface area contributed by atoms with Gasteiger partial charge in [-0.05, 0) is 25.0 Å². The van der Waals surface area contributed by atoms with E-state index in [1.54, 1.807) is 0 Å². The third kappa shape index (κ3) is 2.85. The van der Waals surface area contributed by atoms with Crippen molar-refractivity contribution in [2.45, 2.75) is 18.9 Å². The Kier molecular flexibility index (Phi) is 3.43. The van der Waals surface area contributed by atoms with Crippen LogP contribution in [0.5, 0.6) is 0 Å². The first-order valence-corrected chi connectivity index (χ1v) is 5.40. The van der Waals surface area contributed by atoms with Crippen molar-refractivity contribution < 1.29 is 23.8 Å². The Balaban J connectivity index is 1.87.